The van der Waals surface area contributed by atoms with Crippen LogP contribution in [0, 0.1) is 0 Å². The zero-order valence-electron chi connectivity index (χ0n) is 11.8. The molecule has 2 atom stereocenters. The Morgan fingerprint density at radius 1 is 1.10 bits per heavy atom. The molecule has 0 amide bonds. The van der Waals surface area contributed by atoms with E-state index in [2.05, 4.69) is 28.2 Å². The van der Waals surface area contributed by atoms with Crippen LogP contribution in [0.2, 0.25) is 0 Å². The van der Waals surface area contributed by atoms with Gasteiger partial charge in [0.15, 0.2) is 0 Å². The summed E-state index contributed by atoms with van der Waals surface area (Å²) in [5, 5.41) is 5.87. The van der Waals surface area contributed by atoms with Crippen LogP contribution < -0.4 is 5.84 Å². The summed E-state index contributed by atoms with van der Waals surface area (Å²) in [5.41, 5.74) is 2.27. The molecule has 4 nitrogen and oxygen atoms in total. The van der Waals surface area contributed by atoms with Gasteiger partial charge in [-0.15, -0.1) is 0 Å². The Bertz CT molecular complexity index is 618. The molecule has 1 aromatic heterocycles. The normalized spacial score (nSPS) is 27.6. The molecule has 0 aliphatic carbocycles. The van der Waals surface area contributed by atoms with Crippen LogP contribution in [0.4, 0.5) is 0 Å². The molecule has 2 fully saturated rings. The summed E-state index contributed by atoms with van der Waals surface area (Å²) in [4.78, 5) is 4.24. The van der Waals surface area contributed by atoms with Crippen LogP contribution >= 0.6 is 0 Å². The first-order valence-corrected chi connectivity index (χ1v) is 7.80. The Hall–Kier alpha value is -1.55. The molecule has 20 heavy (non-hydrogen) atoms. The van der Waals surface area contributed by atoms with Gasteiger partial charge >= 0.3 is 0 Å². The Morgan fingerprint density at radius 2 is 2.00 bits per heavy atom. The van der Waals surface area contributed by atoms with Crippen molar-refractivity contribution in [2.45, 2.75) is 44.1 Å². The fraction of sp³-hybridized carbons (Fsp3) is 0.562. The fourth-order valence-electron chi connectivity index (χ4n) is 4.05. The van der Waals surface area contributed by atoms with Crippen LogP contribution in [0.5, 0.6) is 0 Å². The van der Waals surface area contributed by atoms with Crippen LogP contribution in [0.15, 0.2) is 24.3 Å². The third kappa shape index (κ3) is 1.90. The van der Waals surface area contributed by atoms with E-state index < -0.39 is 0 Å². The Kier molecular flexibility index (Phi) is 2.91. The van der Waals surface area contributed by atoms with E-state index in [4.69, 9.17) is 5.84 Å². The molecule has 2 aromatic rings. The van der Waals surface area contributed by atoms with Gasteiger partial charge in [-0.05, 0) is 44.8 Å². The first kappa shape index (κ1) is 12.2. The lowest BCUT2D eigenvalue weighted by Crippen LogP contribution is -2.44. The molecule has 2 N–H and O–H groups in total. The predicted molar refractivity (Wildman–Crippen MR) is 81.1 cm³/mol. The molecule has 106 valence electrons. The standard InChI is InChI=1S/C16H22N4/c17-20-15-7-2-1-6-14(15)16(18-20)12-8-10-19-9-4-3-5-13(19)11-12/h1-2,6-7,12-13H,3-5,8-11,17H2. The molecule has 4 rings (SSSR count). The summed E-state index contributed by atoms with van der Waals surface area (Å²) in [6, 6.07) is 9.10. The van der Waals surface area contributed by atoms with E-state index in [1.807, 2.05) is 6.07 Å². The molecule has 1 aromatic carbocycles. The zero-order chi connectivity index (χ0) is 13.5. The largest absolute Gasteiger partial charge is 0.323 e. The smallest absolute Gasteiger partial charge is 0.0919 e. The third-order valence-corrected chi connectivity index (χ3v) is 5.10. The molecule has 4 heteroatoms. The molecule has 2 saturated heterocycles. The van der Waals surface area contributed by atoms with Crippen molar-refractivity contribution < 1.29 is 0 Å². The van der Waals surface area contributed by atoms with Crippen molar-refractivity contribution in [1.29, 1.82) is 0 Å². The topological polar surface area (TPSA) is 47.1 Å². The van der Waals surface area contributed by atoms with E-state index in [1.54, 1.807) is 4.79 Å². The van der Waals surface area contributed by atoms with Crippen molar-refractivity contribution in [3.05, 3.63) is 30.0 Å². The Morgan fingerprint density at radius 3 is 2.95 bits per heavy atom. The summed E-state index contributed by atoms with van der Waals surface area (Å²) in [5.74, 6) is 6.58. The Labute approximate surface area is 119 Å². The summed E-state index contributed by atoms with van der Waals surface area (Å²) < 4.78 is 0. The van der Waals surface area contributed by atoms with Crippen LogP contribution in [0.1, 0.15) is 43.7 Å². The maximum atomic E-state index is 6.01. The van der Waals surface area contributed by atoms with Gasteiger partial charge in [-0.3, -0.25) is 0 Å². The highest BCUT2D eigenvalue weighted by atomic mass is 15.5. The van der Waals surface area contributed by atoms with Crippen molar-refractivity contribution in [2.24, 2.45) is 0 Å². The summed E-state index contributed by atoms with van der Waals surface area (Å²) in [6.07, 6.45) is 6.60. The molecular formula is C16H22N4. The second-order valence-electron chi connectivity index (χ2n) is 6.25. The van der Waals surface area contributed by atoms with Crippen LogP contribution in [0.3, 0.4) is 0 Å². The summed E-state index contributed by atoms with van der Waals surface area (Å²) in [7, 11) is 0. The number of rotatable bonds is 1. The number of nitrogens with zero attached hydrogens (tertiary/aromatic N) is 3. The molecule has 2 aliphatic heterocycles. The highest BCUT2D eigenvalue weighted by Crippen LogP contribution is 2.37. The average Bonchev–Trinajstić information content (AvgIpc) is 2.85. The van der Waals surface area contributed by atoms with E-state index in [9.17, 15) is 0 Å². The molecule has 2 unspecified atom stereocenters. The monoisotopic (exact) mass is 270 g/mol. The van der Waals surface area contributed by atoms with Gasteiger partial charge in [0.25, 0.3) is 0 Å². The van der Waals surface area contributed by atoms with Gasteiger partial charge in [0, 0.05) is 17.3 Å². The van der Waals surface area contributed by atoms with E-state index in [0.29, 0.717) is 5.92 Å². The van der Waals surface area contributed by atoms with E-state index in [0.717, 1.165) is 11.6 Å². The highest BCUT2D eigenvalue weighted by molar-refractivity contribution is 5.82. The number of hydrogen-bond donors (Lipinski definition) is 1. The second kappa shape index (κ2) is 4.77. The summed E-state index contributed by atoms with van der Waals surface area (Å²) >= 11 is 0. The van der Waals surface area contributed by atoms with Gasteiger partial charge in [0.05, 0.1) is 11.2 Å². The SMILES string of the molecule is Nn1nc(C2CCN3CCCCC3C2)c2ccccc21. The van der Waals surface area contributed by atoms with Crippen molar-refractivity contribution in [1.82, 2.24) is 14.8 Å². The number of benzene rings is 1. The quantitative estimate of drug-likeness (QED) is 0.810. The minimum absolute atomic E-state index is 0.573. The van der Waals surface area contributed by atoms with Gasteiger partial charge in [-0.2, -0.15) is 9.89 Å². The van der Waals surface area contributed by atoms with Gasteiger partial charge in [-0.1, -0.05) is 24.6 Å². The number of hydrogen-bond acceptors (Lipinski definition) is 3. The van der Waals surface area contributed by atoms with Gasteiger partial charge in [0.2, 0.25) is 0 Å². The van der Waals surface area contributed by atoms with E-state index in [1.165, 1.54) is 56.3 Å². The molecule has 0 radical (unpaired) electrons. The lowest BCUT2D eigenvalue weighted by Gasteiger charge is -2.42. The number of fused-ring (bicyclic) bond motifs is 2. The predicted octanol–water partition coefficient (Wildman–Crippen LogP) is 2.48. The molecule has 0 saturated carbocycles. The van der Waals surface area contributed by atoms with Gasteiger partial charge in [0.1, 0.15) is 0 Å². The maximum absolute atomic E-state index is 6.01. The molecule has 0 spiro atoms. The Balaban J connectivity index is 1.66. The first-order valence-electron chi connectivity index (χ1n) is 7.80. The van der Waals surface area contributed by atoms with Crippen molar-refractivity contribution in [3.63, 3.8) is 0 Å². The minimum Gasteiger partial charge on any atom is -0.323 e. The summed E-state index contributed by atoms with van der Waals surface area (Å²) in [6.45, 7) is 2.52. The molecular weight excluding hydrogens is 248 g/mol. The van der Waals surface area contributed by atoms with Crippen LogP contribution in [-0.4, -0.2) is 33.9 Å². The highest BCUT2D eigenvalue weighted by Gasteiger charge is 2.32. The van der Waals surface area contributed by atoms with Crippen molar-refractivity contribution >= 4 is 10.9 Å². The van der Waals surface area contributed by atoms with Crippen molar-refractivity contribution in [2.75, 3.05) is 18.9 Å². The first-order chi connectivity index (χ1) is 9.83. The van der Waals surface area contributed by atoms with Gasteiger partial charge in [-0.25, -0.2) is 0 Å². The lowest BCUT2D eigenvalue weighted by atomic mass is 9.83. The fourth-order valence-corrected chi connectivity index (χ4v) is 4.05. The minimum atomic E-state index is 0.573. The number of nitrogen functional groups attached to an aromatic ring is 1. The van der Waals surface area contributed by atoms with E-state index >= 15 is 0 Å². The van der Waals surface area contributed by atoms with Crippen LogP contribution in [0.25, 0.3) is 10.9 Å². The van der Waals surface area contributed by atoms with Crippen molar-refractivity contribution in [3.8, 4) is 0 Å². The number of para-hydroxylation sites is 1. The maximum Gasteiger partial charge on any atom is 0.0919 e. The van der Waals surface area contributed by atoms with E-state index in [-0.39, 0.29) is 0 Å². The zero-order valence-corrected chi connectivity index (χ0v) is 11.8. The average molecular weight is 270 g/mol. The van der Waals surface area contributed by atoms with Gasteiger partial charge < -0.3 is 10.7 Å². The lowest BCUT2D eigenvalue weighted by molar-refractivity contribution is 0.0968. The number of nitrogens with two attached hydrogens (primary N) is 1. The number of piperidine rings is 2. The molecule has 0 bridgehead atoms. The molecule has 2 aliphatic rings. The van der Waals surface area contributed by atoms with Crippen LogP contribution in [-0.2, 0) is 0 Å². The second-order valence-corrected chi connectivity index (χ2v) is 6.25. The number of aromatic nitrogens is 2. The molecule has 3 heterocycles. The third-order valence-electron chi connectivity index (χ3n) is 5.10.